The smallest absolute Gasteiger partial charge is 0.264 e. The highest BCUT2D eigenvalue weighted by atomic mass is 32.2. The molecule has 0 atom stereocenters. The number of benzene rings is 3. The Morgan fingerprint density at radius 1 is 0.806 bits per heavy atom. The summed E-state index contributed by atoms with van der Waals surface area (Å²) in [6.07, 6.45) is 0. The molecule has 36 heavy (non-hydrogen) atoms. The van der Waals surface area contributed by atoms with Gasteiger partial charge in [-0.05, 0) is 79.7 Å². The highest BCUT2D eigenvalue weighted by Crippen LogP contribution is 2.20. The summed E-state index contributed by atoms with van der Waals surface area (Å²) < 4.78 is 27.7. The number of rotatable bonds is 6. The van der Waals surface area contributed by atoms with E-state index >= 15 is 0 Å². The lowest BCUT2D eigenvalue weighted by molar-refractivity contribution is 0.0977. The maximum Gasteiger partial charge on any atom is 0.264 e. The third kappa shape index (κ3) is 6.29. The molecule has 4 aromatic rings. The molecule has 0 aliphatic rings. The van der Waals surface area contributed by atoms with Crippen molar-refractivity contribution in [3.05, 3.63) is 102 Å². The van der Waals surface area contributed by atoms with Crippen molar-refractivity contribution < 1.29 is 13.2 Å². The second-order valence-electron chi connectivity index (χ2n) is 7.96. The van der Waals surface area contributed by atoms with Crippen molar-refractivity contribution in [2.45, 2.75) is 18.7 Å². The van der Waals surface area contributed by atoms with Gasteiger partial charge >= 0.3 is 0 Å². The van der Waals surface area contributed by atoms with Crippen molar-refractivity contribution in [3.63, 3.8) is 0 Å². The summed E-state index contributed by atoms with van der Waals surface area (Å²) in [6.45, 7) is 3.52. The molecule has 0 radical (unpaired) electrons. The summed E-state index contributed by atoms with van der Waals surface area (Å²) >= 11 is 5.24. The number of anilines is 2. The molecule has 0 spiro atoms. The largest absolute Gasteiger partial charge is 0.332 e. The number of amides is 1. The highest BCUT2D eigenvalue weighted by molar-refractivity contribution is 7.92. The zero-order chi connectivity index (χ0) is 25.7. The zero-order valence-electron chi connectivity index (χ0n) is 19.5. The molecule has 182 valence electrons. The number of aromatic nitrogens is 2. The topological polar surface area (TPSA) is 113 Å². The van der Waals surface area contributed by atoms with Gasteiger partial charge in [0.05, 0.1) is 4.90 Å². The first-order valence-electron chi connectivity index (χ1n) is 10.9. The van der Waals surface area contributed by atoms with E-state index in [-0.39, 0.29) is 21.9 Å². The fraction of sp³-hybridized carbons (Fsp3) is 0.0769. The van der Waals surface area contributed by atoms with Crippen molar-refractivity contribution in [2.24, 2.45) is 0 Å². The minimum absolute atomic E-state index is 0.00962. The second kappa shape index (κ2) is 10.6. The van der Waals surface area contributed by atoms with E-state index in [1.807, 2.05) is 42.5 Å². The third-order valence-electron chi connectivity index (χ3n) is 5.11. The van der Waals surface area contributed by atoms with Crippen LogP contribution in [0, 0.1) is 13.8 Å². The first-order valence-corrected chi connectivity index (χ1v) is 12.8. The number of nitrogens with one attached hydrogen (secondary N) is 3. The number of sulfonamides is 1. The van der Waals surface area contributed by atoms with Crippen LogP contribution in [0.1, 0.15) is 21.7 Å². The minimum atomic E-state index is -3.88. The molecule has 1 heterocycles. The maximum atomic E-state index is 12.7. The fourth-order valence-corrected chi connectivity index (χ4v) is 4.60. The molecular weight excluding hydrogens is 494 g/mol. The Kier molecular flexibility index (Phi) is 7.37. The molecule has 0 unspecified atom stereocenters. The standard InChI is InChI=1S/C26H23N5O3S2/c1-17-16-18(2)28-25(27-17)31-36(33,34)23-14-12-22(13-15-23)29-26(35)30-24(32)21-10-8-20(9-11-21)19-6-4-3-5-7-19/h3-16H,1-2H3,(H,27,28,31)(H2,29,30,32,35). The van der Waals surface area contributed by atoms with Crippen LogP contribution < -0.4 is 15.4 Å². The van der Waals surface area contributed by atoms with Gasteiger partial charge in [-0.15, -0.1) is 0 Å². The van der Waals surface area contributed by atoms with Crippen LogP contribution in [0.2, 0.25) is 0 Å². The predicted molar refractivity (Wildman–Crippen MR) is 144 cm³/mol. The molecule has 8 nitrogen and oxygen atoms in total. The van der Waals surface area contributed by atoms with Crippen LogP contribution in [0.25, 0.3) is 11.1 Å². The van der Waals surface area contributed by atoms with Crippen LogP contribution in [0.4, 0.5) is 11.6 Å². The average Bonchev–Trinajstić information content (AvgIpc) is 2.84. The quantitative estimate of drug-likeness (QED) is 0.318. The third-order valence-corrected chi connectivity index (χ3v) is 6.66. The normalized spacial score (nSPS) is 10.9. The number of thiocarbonyl (C=S) groups is 1. The maximum absolute atomic E-state index is 12.7. The number of carbonyl (C=O) groups excluding carboxylic acids is 1. The van der Waals surface area contributed by atoms with E-state index in [0.29, 0.717) is 22.6 Å². The molecule has 0 saturated carbocycles. The molecule has 0 aliphatic heterocycles. The van der Waals surface area contributed by atoms with Gasteiger partial charge in [-0.3, -0.25) is 10.1 Å². The average molecular weight is 518 g/mol. The van der Waals surface area contributed by atoms with E-state index in [0.717, 1.165) is 11.1 Å². The van der Waals surface area contributed by atoms with Crippen LogP contribution in [0.5, 0.6) is 0 Å². The molecule has 3 N–H and O–H groups in total. The highest BCUT2D eigenvalue weighted by Gasteiger charge is 2.16. The Balaban J connectivity index is 1.36. The molecule has 1 amide bonds. The summed E-state index contributed by atoms with van der Waals surface area (Å²) in [4.78, 5) is 20.8. The summed E-state index contributed by atoms with van der Waals surface area (Å²) in [5.74, 6) is -0.348. The van der Waals surface area contributed by atoms with Crippen LogP contribution in [0.3, 0.4) is 0 Å². The fourth-order valence-electron chi connectivity index (χ4n) is 3.45. The SMILES string of the molecule is Cc1cc(C)nc(NS(=O)(=O)c2ccc(NC(=S)NC(=O)c3ccc(-c4ccccc4)cc3)cc2)n1. The second-order valence-corrected chi connectivity index (χ2v) is 10.0. The van der Waals surface area contributed by atoms with E-state index in [9.17, 15) is 13.2 Å². The van der Waals surface area contributed by atoms with Gasteiger partial charge in [-0.2, -0.15) is 0 Å². The predicted octanol–water partition coefficient (Wildman–Crippen LogP) is 4.69. The van der Waals surface area contributed by atoms with Crippen molar-refractivity contribution in [1.29, 1.82) is 0 Å². The van der Waals surface area contributed by atoms with E-state index in [4.69, 9.17) is 12.2 Å². The molecule has 1 aromatic heterocycles. The molecule has 3 aromatic carbocycles. The Bertz CT molecular complexity index is 1490. The molecule has 4 rings (SSSR count). The molecular formula is C26H23N5O3S2. The lowest BCUT2D eigenvalue weighted by atomic mass is 10.0. The van der Waals surface area contributed by atoms with Gasteiger partial charge in [0.1, 0.15) is 0 Å². The minimum Gasteiger partial charge on any atom is -0.332 e. The number of aryl methyl sites for hydroxylation is 2. The van der Waals surface area contributed by atoms with Crippen molar-refractivity contribution in [2.75, 3.05) is 10.0 Å². The summed E-state index contributed by atoms with van der Waals surface area (Å²) in [7, 11) is -3.88. The van der Waals surface area contributed by atoms with Crippen molar-refractivity contribution >= 4 is 44.9 Å². The monoisotopic (exact) mass is 517 g/mol. The van der Waals surface area contributed by atoms with Crippen LogP contribution in [-0.2, 0) is 10.0 Å². The van der Waals surface area contributed by atoms with Gasteiger partial charge < -0.3 is 5.32 Å². The number of hydrogen-bond donors (Lipinski definition) is 3. The van der Waals surface area contributed by atoms with Crippen LogP contribution in [0.15, 0.2) is 89.8 Å². The zero-order valence-corrected chi connectivity index (χ0v) is 21.2. The molecule has 10 heteroatoms. The van der Waals surface area contributed by atoms with Crippen LogP contribution >= 0.6 is 12.2 Å². The molecule has 0 fully saturated rings. The van der Waals surface area contributed by atoms with Crippen LogP contribution in [-0.4, -0.2) is 29.4 Å². The Hall–Kier alpha value is -4.15. The van der Waals surface area contributed by atoms with Gasteiger partial charge in [0.15, 0.2) is 5.11 Å². The van der Waals surface area contributed by atoms with E-state index in [2.05, 4.69) is 25.3 Å². The van der Waals surface area contributed by atoms with Gasteiger partial charge in [-0.1, -0.05) is 42.5 Å². The number of nitrogens with zero attached hydrogens (tertiary/aromatic N) is 2. The first-order chi connectivity index (χ1) is 17.2. The van der Waals surface area contributed by atoms with Gasteiger partial charge in [-0.25, -0.2) is 23.1 Å². The lowest BCUT2D eigenvalue weighted by Crippen LogP contribution is -2.34. The van der Waals surface area contributed by atoms with Gasteiger partial charge in [0.25, 0.3) is 15.9 Å². The van der Waals surface area contributed by atoms with Crippen molar-refractivity contribution in [1.82, 2.24) is 15.3 Å². The van der Waals surface area contributed by atoms with E-state index in [1.54, 1.807) is 44.2 Å². The van der Waals surface area contributed by atoms with E-state index < -0.39 is 10.0 Å². The number of carbonyl (C=O) groups is 1. The Labute approximate surface area is 214 Å². The van der Waals surface area contributed by atoms with Crippen molar-refractivity contribution in [3.8, 4) is 11.1 Å². The molecule has 0 bridgehead atoms. The van der Waals surface area contributed by atoms with E-state index in [1.165, 1.54) is 12.1 Å². The summed E-state index contributed by atoms with van der Waals surface area (Å²) in [5, 5.41) is 5.60. The Morgan fingerprint density at radius 2 is 1.39 bits per heavy atom. The summed E-state index contributed by atoms with van der Waals surface area (Å²) in [6, 6.07) is 24.7. The Morgan fingerprint density at radius 3 is 2.00 bits per heavy atom. The lowest BCUT2D eigenvalue weighted by Gasteiger charge is -2.11. The van der Waals surface area contributed by atoms with Gasteiger partial charge in [0.2, 0.25) is 5.95 Å². The van der Waals surface area contributed by atoms with Gasteiger partial charge in [0, 0.05) is 22.6 Å². The summed E-state index contributed by atoms with van der Waals surface area (Å²) in [5.41, 5.74) is 4.34. The molecule has 0 saturated heterocycles. The molecule has 0 aliphatic carbocycles. The first kappa shape index (κ1) is 25.0. The number of hydrogen-bond acceptors (Lipinski definition) is 6.